The van der Waals surface area contributed by atoms with Gasteiger partial charge in [0.25, 0.3) is 0 Å². The predicted molar refractivity (Wildman–Crippen MR) is 430 cm³/mol. The van der Waals surface area contributed by atoms with Crippen LogP contribution in [0.3, 0.4) is 0 Å². The van der Waals surface area contributed by atoms with Gasteiger partial charge in [0.15, 0.2) is 41.7 Å². The first-order chi connectivity index (χ1) is 47.8. The number of aliphatic imine (C=N–C) groups is 10. The van der Waals surface area contributed by atoms with Gasteiger partial charge >= 0.3 is 0 Å². The first-order valence-corrected chi connectivity index (χ1v) is 35.9. The Morgan fingerprint density at radius 3 is 1.15 bits per heavy atom. The van der Waals surface area contributed by atoms with E-state index in [9.17, 15) is 0 Å². The molecule has 0 fully saturated rings. The van der Waals surface area contributed by atoms with E-state index in [1.165, 1.54) is 0 Å². The number of nitrogens with one attached hydrogen (secondary N) is 13. The van der Waals surface area contributed by atoms with Crippen LogP contribution >= 0.6 is 116 Å². The number of rotatable bonds is 13. The molecular weight excluding hydrogens is 1500 g/mol. The highest BCUT2D eigenvalue weighted by Crippen LogP contribution is 2.28. The molecule has 546 valence electrons. The van der Waals surface area contributed by atoms with Crippen LogP contribution in [0.5, 0.6) is 0 Å². The molecule has 35 heteroatoms. The zero-order valence-corrected chi connectivity index (χ0v) is 65.7. The molecule has 0 saturated heterocycles. The predicted octanol–water partition coefficient (Wildman–Crippen LogP) is 13.0. The van der Waals surface area contributed by atoms with E-state index in [1.54, 1.807) is 36.4 Å². The SMILES string of the molecule is CC(C)NC1=NC(C)NC(=NCCc2ccc(Cl)c(Cl)c2)N1.CC(C)NC1=NC(C)NC(=NCc2ccc(Cl)c(Cl)c2)N1.CC1N=C(N)NC(=NCCc2ccc(Cl)c(Cl)c2)N1.CC1N=C(Nc2ccc(Cl)c(Cl)c2)NC(N(C)C)=N1.CC1N=C(Nc2ccc(Cl)c(Cl)c2)NC(NC(C)C)=N1. The van der Waals surface area contributed by atoms with E-state index in [0.717, 1.165) is 64.7 Å². The molecule has 5 aliphatic heterocycles. The number of hydrogen-bond acceptors (Lipinski definition) is 19. The summed E-state index contributed by atoms with van der Waals surface area (Å²) in [5, 5.41) is 46.2. The largest absolute Gasteiger partial charge is 0.370 e. The van der Waals surface area contributed by atoms with E-state index in [2.05, 4.69) is 147 Å². The highest BCUT2D eigenvalue weighted by Gasteiger charge is 2.20. The summed E-state index contributed by atoms with van der Waals surface area (Å²) in [6, 6.07) is 28.3. The van der Waals surface area contributed by atoms with Crippen molar-refractivity contribution < 1.29 is 0 Å². The van der Waals surface area contributed by atoms with Crippen LogP contribution in [0.15, 0.2) is 141 Å². The lowest BCUT2D eigenvalue weighted by Crippen LogP contribution is -2.55. The smallest absolute Gasteiger partial charge is 0.204 e. The summed E-state index contributed by atoms with van der Waals surface area (Å²) in [7, 11) is 3.83. The standard InChI is InChI=1S/C15H21Cl2N5.C14H19Cl2N5.C13H17Cl2N5.2C12H15Cl2N5/c1-9(2)19-15-21-10(3)20-14(22-15)18-7-6-11-4-5-12(16)13(17)8-11;1-8(2)18-14-20-9(3)19-13(21-14)17-7-10-4-5-11(15)12(16)6-10;1-7(2)16-12-17-8(3)18-13(20-12)19-9-4-5-10(14)11(15)6-9;1-7-15-11(18-12(16-7)19(2)3)17-8-4-5-9(13)10(14)6-8;1-7-17-11(15)19-12(18-7)16-5-4-8-2-3-9(13)10(14)6-8/h4-5,8-10H,6-7H2,1-3H3,(H3,18,19,20,21,22);4-6,8-9H,7H2,1-3H3,(H3,17,18,19,20,21);4-8H,1-3H3,(H3,16,17,18,19,20);4-7H,1-3H3,(H2,15,16,17,18);2-3,6-7H,4-5H2,1H3,(H4,15,16,17,18,19). The third-order valence-electron chi connectivity index (χ3n) is 13.2. The molecule has 0 radical (unpaired) electrons. The molecule has 15 N–H and O–H groups in total. The van der Waals surface area contributed by atoms with Crippen molar-refractivity contribution in [2.24, 2.45) is 55.7 Å². The molecule has 0 spiro atoms. The second kappa shape index (κ2) is 41.1. The lowest BCUT2D eigenvalue weighted by Gasteiger charge is -2.25. The Bertz CT molecular complexity index is 3930. The van der Waals surface area contributed by atoms with Gasteiger partial charge in [-0.2, -0.15) is 0 Å². The molecule has 0 amide bonds. The summed E-state index contributed by atoms with van der Waals surface area (Å²) in [4.78, 5) is 45.7. The molecule has 10 rings (SSSR count). The number of nitrogens with zero attached hydrogens (tertiary/aromatic N) is 11. The molecule has 5 heterocycles. The number of hydrogen-bond donors (Lipinski definition) is 14. The van der Waals surface area contributed by atoms with Gasteiger partial charge in [0, 0.05) is 56.7 Å². The summed E-state index contributed by atoms with van der Waals surface area (Å²) in [5.41, 5.74) is 10.4. The fourth-order valence-electron chi connectivity index (χ4n) is 8.84. The van der Waals surface area contributed by atoms with E-state index in [4.69, 9.17) is 122 Å². The van der Waals surface area contributed by atoms with Gasteiger partial charge in [-0.05, 0) is 178 Å². The summed E-state index contributed by atoms with van der Waals surface area (Å²) < 4.78 is 0. The average molecular weight is 1590 g/mol. The van der Waals surface area contributed by atoms with Crippen LogP contribution < -0.4 is 74.9 Å². The maximum Gasteiger partial charge on any atom is 0.204 e. The van der Waals surface area contributed by atoms with E-state index in [-0.39, 0.29) is 36.9 Å². The molecule has 5 aromatic carbocycles. The summed E-state index contributed by atoms with van der Waals surface area (Å²) in [6.45, 7) is 23.8. The molecular formula is C66H87Cl10N25. The molecule has 0 aliphatic carbocycles. The van der Waals surface area contributed by atoms with E-state index >= 15 is 0 Å². The van der Waals surface area contributed by atoms with Gasteiger partial charge < -0.3 is 53.2 Å². The van der Waals surface area contributed by atoms with Crippen molar-refractivity contribution in [2.75, 3.05) is 37.8 Å². The number of benzene rings is 5. The number of halogens is 10. The Balaban J connectivity index is 0.000000199. The summed E-state index contributed by atoms with van der Waals surface area (Å²) >= 11 is 59.4. The second-order valence-corrected chi connectivity index (χ2v) is 27.9. The van der Waals surface area contributed by atoms with Crippen LogP contribution in [0.2, 0.25) is 50.2 Å². The Morgan fingerprint density at radius 1 is 0.396 bits per heavy atom. The molecule has 5 atom stereocenters. The third-order valence-corrected chi connectivity index (χ3v) is 16.9. The maximum absolute atomic E-state index is 6.01. The minimum atomic E-state index is -0.150. The first kappa shape index (κ1) is 82.7. The average Bonchev–Trinajstić information content (AvgIpc) is 0.861. The Kier molecular flexibility index (Phi) is 33.6. The van der Waals surface area contributed by atoms with Crippen LogP contribution in [0.25, 0.3) is 0 Å². The van der Waals surface area contributed by atoms with Gasteiger partial charge in [0.2, 0.25) is 17.9 Å². The number of guanidine groups is 10. The minimum Gasteiger partial charge on any atom is -0.370 e. The fraction of sp³-hybridized carbons (Fsp3) is 0.394. The Morgan fingerprint density at radius 2 is 0.743 bits per heavy atom. The molecule has 5 aromatic rings. The minimum absolute atomic E-state index is 0.00812. The van der Waals surface area contributed by atoms with Crippen molar-refractivity contribution in [2.45, 2.75) is 145 Å². The highest BCUT2D eigenvalue weighted by atomic mass is 35.5. The van der Waals surface area contributed by atoms with Gasteiger partial charge in [0.05, 0.1) is 56.8 Å². The van der Waals surface area contributed by atoms with Crippen molar-refractivity contribution in [3.63, 3.8) is 0 Å². The van der Waals surface area contributed by atoms with Gasteiger partial charge in [-0.25, -0.2) is 39.9 Å². The topological polar surface area (TPSA) is 309 Å². The van der Waals surface area contributed by atoms with Gasteiger partial charge in [-0.3, -0.25) is 36.6 Å². The van der Waals surface area contributed by atoms with Crippen molar-refractivity contribution in [3.05, 3.63) is 158 Å². The molecule has 0 bridgehead atoms. The molecule has 101 heavy (non-hydrogen) atoms. The van der Waals surface area contributed by atoms with Crippen LogP contribution in [-0.4, -0.2) is 141 Å². The zero-order valence-electron chi connectivity index (χ0n) is 58.1. The lowest BCUT2D eigenvalue weighted by atomic mass is 10.1. The summed E-state index contributed by atoms with van der Waals surface area (Å²) in [6.07, 6.45) is 1.18. The molecule has 0 saturated carbocycles. The Labute approximate surface area is 641 Å². The van der Waals surface area contributed by atoms with Crippen molar-refractivity contribution >= 4 is 187 Å². The van der Waals surface area contributed by atoms with Gasteiger partial charge in [-0.1, -0.05) is 134 Å². The van der Waals surface area contributed by atoms with Crippen LogP contribution in [0.1, 0.15) is 92.9 Å². The van der Waals surface area contributed by atoms with Crippen molar-refractivity contribution in [3.8, 4) is 0 Å². The van der Waals surface area contributed by atoms with Crippen LogP contribution in [-0.2, 0) is 19.4 Å². The monoisotopic (exact) mass is 1580 g/mol. The number of nitrogens with two attached hydrogens (primary N) is 1. The van der Waals surface area contributed by atoms with Crippen molar-refractivity contribution in [1.29, 1.82) is 0 Å². The summed E-state index contributed by atoms with van der Waals surface area (Å²) in [5.74, 6) is 6.60. The fourth-order valence-corrected chi connectivity index (χ4v) is 10.4. The van der Waals surface area contributed by atoms with Crippen LogP contribution in [0.4, 0.5) is 11.4 Å². The van der Waals surface area contributed by atoms with Crippen molar-refractivity contribution in [1.82, 2.24) is 63.4 Å². The Hall–Kier alpha value is -7.30. The molecule has 0 aromatic heterocycles. The molecule has 5 unspecified atom stereocenters. The first-order valence-electron chi connectivity index (χ1n) is 32.1. The van der Waals surface area contributed by atoms with Gasteiger partial charge in [-0.15, -0.1) is 0 Å². The van der Waals surface area contributed by atoms with E-state index < -0.39 is 0 Å². The van der Waals surface area contributed by atoms with E-state index in [0.29, 0.717) is 118 Å². The third kappa shape index (κ3) is 30.3. The van der Waals surface area contributed by atoms with E-state index in [1.807, 2.05) is 122 Å². The zero-order chi connectivity index (χ0) is 74.0. The maximum atomic E-state index is 6.01. The second-order valence-electron chi connectivity index (χ2n) is 23.9. The number of anilines is 2. The quantitative estimate of drug-likeness (QED) is 0.0521. The highest BCUT2D eigenvalue weighted by molar-refractivity contribution is 6.44. The normalized spacial score (nSPS) is 19.4. The molecule has 25 nitrogen and oxygen atoms in total. The molecule has 5 aliphatic rings. The van der Waals surface area contributed by atoms with Gasteiger partial charge in [0.1, 0.15) is 30.8 Å². The van der Waals surface area contributed by atoms with Crippen LogP contribution in [0, 0.1) is 0 Å². The lowest BCUT2D eigenvalue weighted by molar-refractivity contribution is 0.582.